The predicted octanol–water partition coefficient (Wildman–Crippen LogP) is 6.34. The standard InChI is InChI=1S/C25H38O7S2/c26-21-17-19(18-22(27)24(21)29)25(30)32-15-10-6-4-2-1-3-5-9-14-31-23(28)12-8-7-11-20-13-16-33-34-20/h17-18,20,26-27,29H,1-16H2. The number of esters is 2. The molecule has 0 amide bonds. The number of carbonyl (C=O) groups excluding carboxylic acids is 2. The number of phenolic OH excluding ortho intramolecular Hbond substituents is 3. The van der Waals surface area contributed by atoms with Crippen molar-refractivity contribution in [2.75, 3.05) is 19.0 Å². The van der Waals surface area contributed by atoms with Gasteiger partial charge in [-0.25, -0.2) is 4.79 Å². The molecular weight excluding hydrogens is 476 g/mol. The van der Waals surface area contributed by atoms with E-state index in [1.54, 1.807) is 0 Å². The molecule has 9 heteroatoms. The number of aromatic hydroxyl groups is 3. The maximum atomic E-state index is 11.9. The number of ether oxygens (including phenoxy) is 2. The molecule has 192 valence electrons. The zero-order valence-electron chi connectivity index (χ0n) is 19.8. The van der Waals surface area contributed by atoms with Crippen molar-refractivity contribution < 1.29 is 34.4 Å². The van der Waals surface area contributed by atoms with Crippen molar-refractivity contribution in [3.8, 4) is 17.2 Å². The maximum absolute atomic E-state index is 11.9. The molecule has 0 spiro atoms. The minimum Gasteiger partial charge on any atom is -0.504 e. The Bertz CT molecular complexity index is 728. The van der Waals surface area contributed by atoms with Crippen LogP contribution in [0.3, 0.4) is 0 Å². The third-order valence-corrected chi connectivity index (χ3v) is 8.73. The molecule has 0 bridgehead atoms. The Morgan fingerprint density at radius 1 is 0.824 bits per heavy atom. The van der Waals surface area contributed by atoms with E-state index in [1.165, 1.54) is 18.6 Å². The fourth-order valence-electron chi connectivity index (χ4n) is 3.70. The first-order chi connectivity index (χ1) is 16.5. The van der Waals surface area contributed by atoms with Gasteiger partial charge in [0.25, 0.3) is 0 Å². The molecule has 0 aliphatic carbocycles. The molecule has 1 heterocycles. The van der Waals surface area contributed by atoms with Gasteiger partial charge in [-0.15, -0.1) is 0 Å². The number of hydrogen-bond acceptors (Lipinski definition) is 9. The normalized spacial score (nSPS) is 15.4. The number of benzene rings is 1. The Hall–Kier alpha value is -1.74. The number of phenols is 3. The van der Waals surface area contributed by atoms with E-state index in [-0.39, 0.29) is 18.1 Å². The van der Waals surface area contributed by atoms with Crippen LogP contribution in [0.15, 0.2) is 12.1 Å². The van der Waals surface area contributed by atoms with Crippen molar-refractivity contribution in [1.82, 2.24) is 0 Å². The zero-order valence-corrected chi connectivity index (χ0v) is 21.5. The summed E-state index contributed by atoms with van der Waals surface area (Å²) in [6.45, 7) is 0.793. The van der Waals surface area contributed by atoms with E-state index < -0.39 is 23.2 Å². The molecule has 1 saturated heterocycles. The molecule has 0 radical (unpaired) electrons. The molecule has 1 atom stereocenters. The Labute approximate surface area is 210 Å². The van der Waals surface area contributed by atoms with E-state index in [2.05, 4.69) is 0 Å². The Morgan fingerprint density at radius 2 is 1.41 bits per heavy atom. The average Bonchev–Trinajstić information content (AvgIpc) is 3.34. The van der Waals surface area contributed by atoms with Crippen LogP contribution >= 0.6 is 21.6 Å². The van der Waals surface area contributed by atoms with Crippen molar-refractivity contribution in [2.45, 2.75) is 88.7 Å². The summed E-state index contributed by atoms with van der Waals surface area (Å²) in [6.07, 6.45) is 13.2. The molecule has 0 aromatic heterocycles. The Kier molecular flexibility index (Phi) is 14.1. The third kappa shape index (κ3) is 11.6. The number of hydrogen-bond donors (Lipinski definition) is 3. The summed E-state index contributed by atoms with van der Waals surface area (Å²) in [5.41, 5.74) is -0.00348. The third-order valence-electron chi connectivity index (χ3n) is 5.72. The van der Waals surface area contributed by atoms with Crippen LogP contribution in [0.4, 0.5) is 0 Å². The lowest BCUT2D eigenvalue weighted by molar-refractivity contribution is -0.143. The van der Waals surface area contributed by atoms with Gasteiger partial charge in [-0.2, -0.15) is 0 Å². The van der Waals surface area contributed by atoms with Gasteiger partial charge >= 0.3 is 11.9 Å². The van der Waals surface area contributed by atoms with Gasteiger partial charge in [0.05, 0.1) is 18.8 Å². The molecule has 1 aromatic rings. The SMILES string of the molecule is O=C(CCCCC1CCSS1)OCCCCCCCCCCOC(=O)c1cc(O)c(O)c(O)c1. The highest BCUT2D eigenvalue weighted by molar-refractivity contribution is 8.77. The molecule has 1 fully saturated rings. The Balaban J connectivity index is 1.34. The summed E-state index contributed by atoms with van der Waals surface area (Å²) in [7, 11) is 3.96. The average molecular weight is 515 g/mol. The topological polar surface area (TPSA) is 113 Å². The van der Waals surface area contributed by atoms with Gasteiger partial charge in [0, 0.05) is 17.4 Å². The van der Waals surface area contributed by atoms with Gasteiger partial charge in [-0.1, -0.05) is 66.5 Å². The van der Waals surface area contributed by atoms with Gasteiger partial charge in [0.1, 0.15) is 0 Å². The minimum absolute atomic E-state index is 0.00348. The first-order valence-electron chi connectivity index (χ1n) is 12.3. The Morgan fingerprint density at radius 3 is 2.00 bits per heavy atom. The number of unbranched alkanes of at least 4 members (excludes halogenated alkanes) is 8. The maximum Gasteiger partial charge on any atom is 0.338 e. The summed E-state index contributed by atoms with van der Waals surface area (Å²) in [4.78, 5) is 23.7. The molecule has 1 unspecified atom stereocenters. The number of carbonyl (C=O) groups is 2. The summed E-state index contributed by atoms with van der Waals surface area (Å²) >= 11 is 0. The van der Waals surface area contributed by atoms with Gasteiger partial charge in [0.2, 0.25) is 0 Å². The molecule has 3 N–H and O–H groups in total. The smallest absolute Gasteiger partial charge is 0.338 e. The molecule has 2 rings (SSSR count). The summed E-state index contributed by atoms with van der Waals surface area (Å²) < 4.78 is 10.5. The lowest BCUT2D eigenvalue weighted by Crippen LogP contribution is -2.06. The van der Waals surface area contributed by atoms with Crippen LogP contribution in [0, 0.1) is 0 Å². The summed E-state index contributed by atoms with van der Waals surface area (Å²) in [5, 5.41) is 29.0. The lowest BCUT2D eigenvalue weighted by Gasteiger charge is -2.08. The minimum atomic E-state index is -0.656. The molecule has 0 saturated carbocycles. The van der Waals surface area contributed by atoms with Crippen LogP contribution in [0.25, 0.3) is 0 Å². The first kappa shape index (κ1) is 28.5. The molecule has 1 aromatic carbocycles. The van der Waals surface area contributed by atoms with Gasteiger partial charge in [-0.3, -0.25) is 4.79 Å². The quantitative estimate of drug-likeness (QED) is 0.0948. The number of rotatable bonds is 17. The second-order valence-electron chi connectivity index (χ2n) is 8.62. The fraction of sp³-hybridized carbons (Fsp3) is 0.680. The van der Waals surface area contributed by atoms with E-state index in [1.807, 2.05) is 21.6 Å². The van der Waals surface area contributed by atoms with Crippen molar-refractivity contribution in [3.63, 3.8) is 0 Å². The van der Waals surface area contributed by atoms with Crippen LogP contribution in [-0.2, 0) is 14.3 Å². The second kappa shape index (κ2) is 16.8. The van der Waals surface area contributed by atoms with Crippen molar-refractivity contribution >= 4 is 33.5 Å². The summed E-state index contributed by atoms with van der Waals surface area (Å²) in [6, 6.07) is 2.13. The van der Waals surface area contributed by atoms with Crippen LogP contribution < -0.4 is 0 Å². The van der Waals surface area contributed by atoms with Crippen molar-refractivity contribution in [1.29, 1.82) is 0 Å². The van der Waals surface area contributed by atoms with Crippen LogP contribution in [0.2, 0.25) is 0 Å². The van der Waals surface area contributed by atoms with Crippen LogP contribution in [0.5, 0.6) is 17.2 Å². The van der Waals surface area contributed by atoms with Crippen molar-refractivity contribution in [2.24, 2.45) is 0 Å². The van der Waals surface area contributed by atoms with Gasteiger partial charge in [0.15, 0.2) is 17.2 Å². The van der Waals surface area contributed by atoms with Gasteiger partial charge in [-0.05, 0) is 44.2 Å². The highest BCUT2D eigenvalue weighted by Crippen LogP contribution is 2.40. The van der Waals surface area contributed by atoms with Gasteiger partial charge < -0.3 is 24.8 Å². The van der Waals surface area contributed by atoms with Crippen LogP contribution in [0.1, 0.15) is 93.8 Å². The molecule has 1 aliphatic rings. The monoisotopic (exact) mass is 514 g/mol. The molecule has 34 heavy (non-hydrogen) atoms. The van der Waals surface area contributed by atoms with E-state index >= 15 is 0 Å². The second-order valence-corrected chi connectivity index (χ2v) is 11.4. The highest BCUT2D eigenvalue weighted by Gasteiger charge is 2.16. The van der Waals surface area contributed by atoms with Crippen LogP contribution in [-0.4, -0.2) is 51.5 Å². The van der Waals surface area contributed by atoms with E-state index in [9.17, 15) is 24.9 Å². The largest absolute Gasteiger partial charge is 0.504 e. The predicted molar refractivity (Wildman–Crippen MR) is 137 cm³/mol. The zero-order chi connectivity index (χ0) is 24.6. The summed E-state index contributed by atoms with van der Waals surface area (Å²) in [5.74, 6) is -1.22. The highest BCUT2D eigenvalue weighted by atomic mass is 33.1. The van der Waals surface area contributed by atoms with Crippen molar-refractivity contribution in [3.05, 3.63) is 17.7 Å². The van der Waals surface area contributed by atoms with E-state index in [0.717, 1.165) is 81.6 Å². The van der Waals surface area contributed by atoms with E-state index in [0.29, 0.717) is 13.0 Å². The fourth-order valence-corrected chi connectivity index (χ4v) is 6.73. The molecular formula is C25H38O7S2. The lowest BCUT2D eigenvalue weighted by atomic mass is 10.1. The van der Waals surface area contributed by atoms with E-state index in [4.69, 9.17) is 9.47 Å². The molecule has 1 aliphatic heterocycles. The first-order valence-corrected chi connectivity index (χ1v) is 14.7. The molecule has 7 nitrogen and oxygen atoms in total.